The first-order valence-corrected chi connectivity index (χ1v) is 7.65. The number of anilines is 1. The lowest BCUT2D eigenvalue weighted by Gasteiger charge is -2.08. The second-order valence-corrected chi connectivity index (χ2v) is 5.79. The van der Waals surface area contributed by atoms with Crippen LogP contribution in [0, 0.1) is 0 Å². The summed E-state index contributed by atoms with van der Waals surface area (Å²) in [6, 6.07) is 10.7. The van der Waals surface area contributed by atoms with Gasteiger partial charge in [-0.15, -0.1) is 0 Å². The normalized spacial score (nSPS) is 10.1. The molecular formula is C17H13Cl2NO4. The van der Waals surface area contributed by atoms with Gasteiger partial charge in [0, 0.05) is 21.3 Å². The van der Waals surface area contributed by atoms with Gasteiger partial charge in [-0.3, -0.25) is 9.59 Å². The number of benzene rings is 2. The summed E-state index contributed by atoms with van der Waals surface area (Å²) in [6.45, 7) is 0.950. The number of halogens is 2. The van der Waals surface area contributed by atoms with E-state index in [0.717, 1.165) is 0 Å². The molecule has 24 heavy (non-hydrogen) atoms. The Morgan fingerprint density at radius 1 is 1.00 bits per heavy atom. The lowest BCUT2D eigenvalue weighted by atomic mass is 10.1. The largest absolute Gasteiger partial charge is 0.452 e. The highest BCUT2D eigenvalue weighted by Gasteiger charge is 2.12. The van der Waals surface area contributed by atoms with Crippen LogP contribution in [0.15, 0.2) is 42.5 Å². The molecule has 2 aromatic carbocycles. The Morgan fingerprint density at radius 2 is 1.67 bits per heavy atom. The Bertz CT molecular complexity index is 785. The predicted molar refractivity (Wildman–Crippen MR) is 91.8 cm³/mol. The lowest BCUT2D eigenvalue weighted by molar-refractivity contribution is -0.119. The van der Waals surface area contributed by atoms with Crippen LogP contribution in [0.4, 0.5) is 5.69 Å². The Balaban J connectivity index is 1.94. The highest BCUT2D eigenvalue weighted by molar-refractivity contribution is 6.35. The van der Waals surface area contributed by atoms with Gasteiger partial charge in [0.1, 0.15) is 0 Å². The molecule has 0 fully saturated rings. The number of carbonyl (C=O) groups is 3. The Kier molecular flexibility index (Phi) is 5.95. The zero-order valence-electron chi connectivity index (χ0n) is 12.6. The van der Waals surface area contributed by atoms with Crippen LogP contribution in [0.5, 0.6) is 0 Å². The van der Waals surface area contributed by atoms with E-state index in [4.69, 9.17) is 27.9 Å². The summed E-state index contributed by atoms with van der Waals surface area (Å²) in [5.74, 6) is -1.36. The van der Waals surface area contributed by atoms with Crippen molar-refractivity contribution in [3.63, 3.8) is 0 Å². The van der Waals surface area contributed by atoms with Crippen LogP contribution in [-0.2, 0) is 9.53 Å². The predicted octanol–water partition coefficient (Wildman–Crippen LogP) is 3.99. The van der Waals surface area contributed by atoms with E-state index in [1.165, 1.54) is 25.1 Å². The second kappa shape index (κ2) is 7.95. The number of esters is 1. The van der Waals surface area contributed by atoms with Crippen LogP contribution in [0.2, 0.25) is 10.0 Å². The first-order chi connectivity index (χ1) is 11.3. The molecule has 0 atom stereocenters. The van der Waals surface area contributed by atoms with Crippen molar-refractivity contribution in [1.29, 1.82) is 0 Å². The summed E-state index contributed by atoms with van der Waals surface area (Å²) in [6.07, 6.45) is 0. The number of hydrogen-bond donors (Lipinski definition) is 1. The van der Waals surface area contributed by atoms with Crippen LogP contribution in [0.1, 0.15) is 27.6 Å². The standard InChI is InChI=1S/C17H13Cl2NO4/c1-10(21)11-3-2-4-15(7-11)20-16(22)9-24-17(23)12-5-13(18)8-14(19)6-12/h2-8H,9H2,1H3,(H,20,22). The zero-order chi connectivity index (χ0) is 17.7. The molecule has 0 aliphatic carbocycles. The van der Waals surface area contributed by atoms with Crippen molar-refractivity contribution in [2.45, 2.75) is 6.92 Å². The van der Waals surface area contributed by atoms with E-state index < -0.39 is 18.5 Å². The van der Waals surface area contributed by atoms with Crippen molar-refractivity contribution >= 4 is 46.5 Å². The second-order valence-electron chi connectivity index (χ2n) is 4.92. The third-order valence-corrected chi connectivity index (χ3v) is 3.42. The van der Waals surface area contributed by atoms with Crippen LogP contribution < -0.4 is 5.32 Å². The number of ether oxygens (including phenoxy) is 1. The molecule has 0 saturated carbocycles. The van der Waals surface area contributed by atoms with Gasteiger partial charge in [-0.05, 0) is 37.3 Å². The molecule has 2 aromatic rings. The molecule has 124 valence electrons. The number of Topliss-reactive ketones (excluding diaryl/α,β-unsaturated/α-hetero) is 1. The average Bonchev–Trinajstić information content (AvgIpc) is 2.52. The Labute approximate surface area is 148 Å². The molecule has 7 heteroatoms. The Morgan fingerprint density at radius 3 is 2.29 bits per heavy atom. The summed E-state index contributed by atoms with van der Waals surface area (Å²) < 4.78 is 4.91. The van der Waals surface area contributed by atoms with Crippen molar-refractivity contribution in [3.8, 4) is 0 Å². The van der Waals surface area contributed by atoms with Gasteiger partial charge in [-0.25, -0.2) is 4.79 Å². The zero-order valence-corrected chi connectivity index (χ0v) is 14.1. The summed E-state index contributed by atoms with van der Waals surface area (Å²) in [7, 11) is 0. The van der Waals surface area contributed by atoms with Crippen molar-refractivity contribution in [3.05, 3.63) is 63.6 Å². The molecule has 0 aliphatic heterocycles. The summed E-state index contributed by atoms with van der Waals surface area (Å²) in [5, 5.41) is 3.13. The van der Waals surface area contributed by atoms with Gasteiger partial charge in [0.15, 0.2) is 12.4 Å². The molecule has 0 unspecified atom stereocenters. The van der Waals surface area contributed by atoms with E-state index in [-0.39, 0.29) is 11.3 Å². The van der Waals surface area contributed by atoms with Gasteiger partial charge in [-0.2, -0.15) is 0 Å². The van der Waals surface area contributed by atoms with E-state index >= 15 is 0 Å². The van der Waals surface area contributed by atoms with Crippen LogP contribution >= 0.6 is 23.2 Å². The highest BCUT2D eigenvalue weighted by atomic mass is 35.5. The average molecular weight is 366 g/mol. The monoisotopic (exact) mass is 365 g/mol. The maximum Gasteiger partial charge on any atom is 0.338 e. The first-order valence-electron chi connectivity index (χ1n) is 6.89. The maximum atomic E-state index is 11.9. The molecule has 0 bridgehead atoms. The number of carbonyl (C=O) groups excluding carboxylic acids is 3. The summed E-state index contributed by atoms with van der Waals surface area (Å²) >= 11 is 11.6. The Hall–Kier alpha value is -2.37. The number of nitrogens with one attached hydrogen (secondary N) is 1. The summed E-state index contributed by atoms with van der Waals surface area (Å²) in [5.41, 5.74) is 1.06. The molecule has 0 spiro atoms. The maximum absolute atomic E-state index is 11.9. The van der Waals surface area contributed by atoms with Crippen LogP contribution in [-0.4, -0.2) is 24.3 Å². The van der Waals surface area contributed by atoms with Gasteiger partial charge in [0.2, 0.25) is 0 Å². The van der Waals surface area contributed by atoms with Crippen LogP contribution in [0.25, 0.3) is 0 Å². The smallest absolute Gasteiger partial charge is 0.338 e. The summed E-state index contributed by atoms with van der Waals surface area (Å²) in [4.78, 5) is 35.0. The molecule has 1 N–H and O–H groups in total. The number of rotatable bonds is 5. The number of ketones is 1. The van der Waals surface area contributed by atoms with Gasteiger partial charge < -0.3 is 10.1 Å². The third-order valence-electron chi connectivity index (χ3n) is 2.99. The van der Waals surface area contributed by atoms with Crippen molar-refractivity contribution in [1.82, 2.24) is 0 Å². The highest BCUT2D eigenvalue weighted by Crippen LogP contribution is 2.19. The molecule has 0 saturated heterocycles. The molecular weight excluding hydrogens is 353 g/mol. The van der Waals surface area contributed by atoms with Crippen LogP contribution in [0.3, 0.4) is 0 Å². The quantitative estimate of drug-likeness (QED) is 0.642. The molecule has 0 radical (unpaired) electrons. The minimum atomic E-state index is -0.716. The molecule has 5 nitrogen and oxygen atoms in total. The lowest BCUT2D eigenvalue weighted by Crippen LogP contribution is -2.21. The van der Waals surface area contributed by atoms with Crippen molar-refractivity contribution in [2.24, 2.45) is 0 Å². The van der Waals surface area contributed by atoms with E-state index in [1.807, 2.05) is 0 Å². The molecule has 1 amide bonds. The molecule has 0 aromatic heterocycles. The number of amides is 1. The van der Waals surface area contributed by atoms with Crippen molar-refractivity contribution in [2.75, 3.05) is 11.9 Å². The van der Waals surface area contributed by atoms with E-state index in [2.05, 4.69) is 5.32 Å². The van der Waals surface area contributed by atoms with E-state index in [1.54, 1.807) is 24.3 Å². The number of hydrogen-bond acceptors (Lipinski definition) is 4. The fourth-order valence-corrected chi connectivity index (χ4v) is 2.43. The molecule has 2 rings (SSSR count). The fourth-order valence-electron chi connectivity index (χ4n) is 1.90. The topological polar surface area (TPSA) is 72.5 Å². The van der Waals surface area contributed by atoms with Crippen molar-refractivity contribution < 1.29 is 19.1 Å². The third kappa shape index (κ3) is 5.08. The van der Waals surface area contributed by atoms with Gasteiger partial charge in [0.25, 0.3) is 5.91 Å². The van der Waals surface area contributed by atoms with E-state index in [0.29, 0.717) is 21.3 Å². The van der Waals surface area contributed by atoms with Gasteiger partial charge in [-0.1, -0.05) is 35.3 Å². The fraction of sp³-hybridized carbons (Fsp3) is 0.118. The SMILES string of the molecule is CC(=O)c1cccc(NC(=O)COC(=O)c2cc(Cl)cc(Cl)c2)c1. The minimum Gasteiger partial charge on any atom is -0.452 e. The van der Waals surface area contributed by atoms with Gasteiger partial charge in [0.05, 0.1) is 5.56 Å². The van der Waals surface area contributed by atoms with Gasteiger partial charge >= 0.3 is 5.97 Å². The molecule has 0 heterocycles. The first kappa shape index (κ1) is 18.0. The van der Waals surface area contributed by atoms with E-state index in [9.17, 15) is 14.4 Å². The molecule has 0 aliphatic rings. The minimum absolute atomic E-state index is 0.115.